The second kappa shape index (κ2) is 9.52. The van der Waals surface area contributed by atoms with Gasteiger partial charge in [-0.3, -0.25) is 4.79 Å². The van der Waals surface area contributed by atoms with Crippen molar-refractivity contribution in [3.8, 4) is 11.1 Å². The molecule has 1 amide bonds. The number of hydrogen-bond acceptors (Lipinski definition) is 7. The van der Waals surface area contributed by atoms with Crippen LogP contribution in [0.25, 0.3) is 11.1 Å². The van der Waals surface area contributed by atoms with E-state index >= 15 is 0 Å². The van der Waals surface area contributed by atoms with Gasteiger partial charge in [0.25, 0.3) is 0 Å². The van der Waals surface area contributed by atoms with Crippen molar-refractivity contribution in [2.45, 2.75) is 36.2 Å². The SMILES string of the molecule is CCOC(=O)[C@H]1[C@@H]2C(O)C(Br)[C@@](NC(=O)OCC3c4ccccc4-c4ccccc43)(C(=O)OCC)[C@H]12. The number of halogens is 1. The molecule has 2 unspecified atom stereocenters. The number of rotatable bonds is 7. The van der Waals surface area contributed by atoms with Crippen LogP contribution in [0.1, 0.15) is 30.9 Å². The number of alkyl halides is 1. The van der Waals surface area contributed by atoms with Crippen molar-refractivity contribution in [1.29, 1.82) is 0 Å². The topological polar surface area (TPSA) is 111 Å². The zero-order valence-corrected chi connectivity index (χ0v) is 21.6. The number of alkyl carbamates (subject to hydrolysis) is 1. The van der Waals surface area contributed by atoms with E-state index in [1.807, 2.05) is 48.5 Å². The number of carbonyl (C=O) groups is 3. The van der Waals surface area contributed by atoms with Crippen molar-refractivity contribution in [3.63, 3.8) is 0 Å². The van der Waals surface area contributed by atoms with Gasteiger partial charge in [0.05, 0.1) is 30.1 Å². The summed E-state index contributed by atoms with van der Waals surface area (Å²) in [6.45, 7) is 3.65. The van der Waals surface area contributed by atoms with Gasteiger partial charge in [0.2, 0.25) is 0 Å². The third-order valence-corrected chi connectivity index (χ3v) is 8.82. The van der Waals surface area contributed by atoms with Crippen LogP contribution in [0.2, 0.25) is 0 Å². The summed E-state index contributed by atoms with van der Waals surface area (Å²) < 4.78 is 16.1. The van der Waals surface area contributed by atoms with Gasteiger partial charge >= 0.3 is 18.0 Å². The number of carbonyl (C=O) groups excluding carboxylic acids is 3. The largest absolute Gasteiger partial charge is 0.466 e. The van der Waals surface area contributed by atoms with E-state index in [9.17, 15) is 19.5 Å². The van der Waals surface area contributed by atoms with Crippen LogP contribution < -0.4 is 5.32 Å². The van der Waals surface area contributed by atoms with E-state index in [-0.39, 0.29) is 25.7 Å². The van der Waals surface area contributed by atoms with Crippen LogP contribution >= 0.6 is 15.9 Å². The highest BCUT2D eigenvalue weighted by atomic mass is 79.9. The van der Waals surface area contributed by atoms with Crippen LogP contribution in [0.3, 0.4) is 0 Å². The highest BCUT2D eigenvalue weighted by Gasteiger charge is 2.80. The monoisotopic (exact) mass is 557 g/mol. The zero-order chi connectivity index (χ0) is 25.6. The molecule has 3 aliphatic carbocycles. The zero-order valence-electron chi connectivity index (χ0n) is 20.0. The molecule has 0 bridgehead atoms. The Morgan fingerprint density at radius 2 is 1.53 bits per heavy atom. The van der Waals surface area contributed by atoms with Gasteiger partial charge in [-0.25, -0.2) is 9.59 Å². The highest BCUT2D eigenvalue weighted by molar-refractivity contribution is 9.09. The predicted octanol–water partition coefficient (Wildman–Crippen LogP) is 3.39. The van der Waals surface area contributed by atoms with Gasteiger partial charge < -0.3 is 24.6 Å². The highest BCUT2D eigenvalue weighted by Crippen LogP contribution is 2.64. The van der Waals surface area contributed by atoms with Crippen LogP contribution in [0.5, 0.6) is 0 Å². The molecule has 2 aromatic carbocycles. The molecule has 8 nitrogen and oxygen atoms in total. The fourth-order valence-electron chi connectivity index (χ4n) is 6.04. The lowest BCUT2D eigenvalue weighted by Gasteiger charge is -2.35. The number of fused-ring (bicyclic) bond motifs is 4. The molecule has 36 heavy (non-hydrogen) atoms. The first kappa shape index (κ1) is 24.8. The molecule has 2 aromatic rings. The number of aliphatic hydroxyl groups excluding tert-OH is 1. The van der Waals surface area contributed by atoms with Gasteiger partial charge in [-0.05, 0) is 36.1 Å². The first-order valence-corrected chi connectivity index (χ1v) is 13.1. The summed E-state index contributed by atoms with van der Waals surface area (Å²) in [4.78, 5) is 38.0. The standard InChI is InChI=1S/C27H28BrNO7/c1-3-34-24(31)20-19-21(20)27(23(28)22(19)30,25(32)35-4-2)29-26(33)36-13-18-16-11-7-5-9-14(16)15-10-6-8-12-17(15)18/h5-12,18-23,30H,3-4,13H2,1-2H3,(H,29,33)/t19-,20-,21-,22?,23?,27+/m0/s1. The van der Waals surface area contributed by atoms with Gasteiger partial charge in [-0.1, -0.05) is 64.5 Å². The maximum absolute atomic E-state index is 13.2. The van der Waals surface area contributed by atoms with Gasteiger partial charge in [0.15, 0.2) is 5.54 Å². The predicted molar refractivity (Wildman–Crippen MR) is 133 cm³/mol. The van der Waals surface area contributed by atoms with Gasteiger partial charge in [0.1, 0.15) is 6.61 Å². The maximum Gasteiger partial charge on any atom is 0.408 e. The molecular formula is C27H28BrNO7. The second-order valence-corrected chi connectivity index (χ2v) is 10.3. The Bertz CT molecular complexity index is 1160. The Balaban J connectivity index is 1.37. The average Bonchev–Trinajstić information content (AvgIpc) is 3.49. The van der Waals surface area contributed by atoms with E-state index in [1.165, 1.54) is 0 Å². The van der Waals surface area contributed by atoms with E-state index < -0.39 is 52.3 Å². The number of benzene rings is 2. The molecule has 2 N–H and O–H groups in total. The second-order valence-electron chi connectivity index (χ2n) is 9.31. The van der Waals surface area contributed by atoms with Gasteiger partial charge in [-0.2, -0.15) is 0 Å². The molecule has 0 heterocycles. The fourth-order valence-corrected chi connectivity index (χ4v) is 7.00. The minimum Gasteiger partial charge on any atom is -0.466 e. The Morgan fingerprint density at radius 1 is 0.944 bits per heavy atom. The number of esters is 2. The van der Waals surface area contributed by atoms with E-state index in [0.29, 0.717) is 0 Å². The molecule has 9 heteroatoms. The summed E-state index contributed by atoms with van der Waals surface area (Å²) in [5.74, 6) is -3.31. The van der Waals surface area contributed by atoms with E-state index in [0.717, 1.165) is 22.3 Å². The van der Waals surface area contributed by atoms with Crippen LogP contribution in [0.15, 0.2) is 48.5 Å². The Hall–Kier alpha value is -2.91. The summed E-state index contributed by atoms with van der Waals surface area (Å²) in [6, 6.07) is 16.0. The lowest BCUT2D eigenvalue weighted by atomic mass is 9.89. The minimum atomic E-state index is -1.67. The molecular weight excluding hydrogens is 530 g/mol. The Morgan fingerprint density at radius 3 is 2.11 bits per heavy atom. The van der Waals surface area contributed by atoms with Crippen LogP contribution in [-0.4, -0.2) is 59.4 Å². The Kier molecular flexibility index (Phi) is 6.55. The molecule has 5 rings (SSSR count). The summed E-state index contributed by atoms with van der Waals surface area (Å²) in [5.41, 5.74) is 2.65. The molecule has 0 saturated heterocycles. The quantitative estimate of drug-likeness (QED) is 0.305. The summed E-state index contributed by atoms with van der Waals surface area (Å²) >= 11 is 3.40. The third-order valence-electron chi connectivity index (χ3n) is 7.55. The van der Waals surface area contributed by atoms with Crippen molar-refractivity contribution in [2.75, 3.05) is 19.8 Å². The van der Waals surface area contributed by atoms with E-state index in [4.69, 9.17) is 14.2 Å². The lowest BCUT2D eigenvalue weighted by Crippen LogP contribution is -2.63. The fraction of sp³-hybridized carbons (Fsp3) is 0.444. The number of ether oxygens (including phenoxy) is 3. The minimum absolute atomic E-state index is 0.0592. The van der Waals surface area contributed by atoms with Crippen LogP contribution in [0.4, 0.5) is 4.79 Å². The lowest BCUT2D eigenvalue weighted by molar-refractivity contribution is -0.153. The molecule has 2 fully saturated rings. The molecule has 2 saturated carbocycles. The number of hydrogen-bond donors (Lipinski definition) is 2. The number of amides is 1. The molecule has 0 radical (unpaired) electrons. The average molecular weight is 558 g/mol. The van der Waals surface area contributed by atoms with Crippen LogP contribution in [0, 0.1) is 17.8 Å². The normalized spacial score (nSPS) is 29.5. The number of aliphatic hydroxyl groups is 1. The van der Waals surface area contributed by atoms with Crippen molar-refractivity contribution in [2.24, 2.45) is 17.8 Å². The Labute approximate surface area is 217 Å². The van der Waals surface area contributed by atoms with Crippen molar-refractivity contribution in [1.82, 2.24) is 5.32 Å². The van der Waals surface area contributed by atoms with E-state index in [2.05, 4.69) is 21.2 Å². The molecule has 190 valence electrons. The first-order chi connectivity index (χ1) is 17.4. The molecule has 0 aliphatic heterocycles. The van der Waals surface area contributed by atoms with Crippen molar-refractivity contribution in [3.05, 3.63) is 59.7 Å². The molecule has 6 atom stereocenters. The number of nitrogens with one attached hydrogen (secondary N) is 1. The third kappa shape index (κ3) is 3.71. The van der Waals surface area contributed by atoms with Gasteiger partial charge in [-0.15, -0.1) is 0 Å². The summed E-state index contributed by atoms with van der Waals surface area (Å²) in [5, 5.41) is 13.5. The summed E-state index contributed by atoms with van der Waals surface area (Å²) in [6.07, 6.45) is -1.88. The van der Waals surface area contributed by atoms with Gasteiger partial charge in [0, 0.05) is 17.8 Å². The smallest absolute Gasteiger partial charge is 0.408 e. The van der Waals surface area contributed by atoms with Crippen LogP contribution in [-0.2, 0) is 23.8 Å². The maximum atomic E-state index is 13.2. The molecule has 3 aliphatic rings. The molecule has 0 aromatic heterocycles. The van der Waals surface area contributed by atoms with Crippen molar-refractivity contribution < 1.29 is 33.7 Å². The van der Waals surface area contributed by atoms with E-state index in [1.54, 1.807) is 13.8 Å². The first-order valence-electron chi connectivity index (χ1n) is 12.2. The van der Waals surface area contributed by atoms with Crippen molar-refractivity contribution >= 4 is 34.0 Å². The summed E-state index contributed by atoms with van der Waals surface area (Å²) in [7, 11) is 0. The molecule has 0 spiro atoms.